The highest BCUT2D eigenvalue weighted by atomic mass is 16.5. The maximum Gasteiger partial charge on any atom is 0.409 e. The average Bonchev–Trinajstić information content (AvgIpc) is 3.09. The first-order chi connectivity index (χ1) is 15.6. The molecule has 0 spiro atoms. The summed E-state index contributed by atoms with van der Waals surface area (Å²) >= 11 is 0. The van der Waals surface area contributed by atoms with Crippen LogP contribution in [0.15, 0.2) is 27.6 Å². The number of ether oxygens (including phenoxy) is 1. The van der Waals surface area contributed by atoms with E-state index in [-0.39, 0.29) is 34.5 Å². The smallest absolute Gasteiger partial charge is 0.409 e. The molecule has 2 unspecified atom stereocenters. The molecule has 5 rings (SSSR count). The fraction of sp³-hybridized carbons (Fsp3) is 0.778. The van der Waals surface area contributed by atoms with E-state index in [1.54, 1.807) is 11.2 Å². The van der Waals surface area contributed by atoms with Crippen LogP contribution in [0.1, 0.15) is 83.1 Å². The molecule has 33 heavy (non-hydrogen) atoms. The van der Waals surface area contributed by atoms with Crippen LogP contribution < -0.4 is 5.63 Å². The van der Waals surface area contributed by atoms with Gasteiger partial charge < -0.3 is 19.2 Å². The van der Waals surface area contributed by atoms with Gasteiger partial charge in [-0.2, -0.15) is 0 Å². The molecule has 1 N–H and O–H groups in total. The number of rotatable bonds is 2. The van der Waals surface area contributed by atoms with Crippen LogP contribution >= 0.6 is 0 Å². The highest BCUT2D eigenvalue weighted by molar-refractivity contribution is 5.67. The van der Waals surface area contributed by atoms with Gasteiger partial charge in [-0.05, 0) is 98.5 Å². The minimum atomic E-state index is -0.676. The molecule has 6 heteroatoms. The van der Waals surface area contributed by atoms with Crippen LogP contribution in [-0.2, 0) is 4.74 Å². The minimum Gasteiger partial charge on any atom is -0.453 e. The lowest BCUT2D eigenvalue weighted by atomic mass is 9.43. The molecule has 0 aromatic carbocycles. The first kappa shape index (κ1) is 22.9. The molecule has 0 aliphatic heterocycles. The summed E-state index contributed by atoms with van der Waals surface area (Å²) in [4.78, 5) is 25.4. The summed E-state index contributed by atoms with van der Waals surface area (Å²) in [6, 6.07) is 3.65. The molecule has 1 aromatic rings. The fourth-order valence-electron chi connectivity index (χ4n) is 8.95. The van der Waals surface area contributed by atoms with Gasteiger partial charge in [0.05, 0.1) is 19.0 Å². The molecule has 4 saturated carbocycles. The lowest BCUT2D eigenvalue weighted by molar-refractivity contribution is -0.203. The monoisotopic (exact) mass is 457 g/mol. The molecule has 1 amide bonds. The number of amides is 1. The van der Waals surface area contributed by atoms with Gasteiger partial charge in [-0.15, -0.1) is 0 Å². The third-order valence-electron chi connectivity index (χ3n) is 11.0. The molecule has 6 nitrogen and oxygen atoms in total. The Bertz CT molecular complexity index is 955. The van der Waals surface area contributed by atoms with E-state index in [9.17, 15) is 14.7 Å². The van der Waals surface area contributed by atoms with E-state index in [1.165, 1.54) is 13.2 Å². The largest absolute Gasteiger partial charge is 0.453 e. The van der Waals surface area contributed by atoms with Gasteiger partial charge in [-0.1, -0.05) is 13.8 Å². The van der Waals surface area contributed by atoms with Crippen LogP contribution in [0.4, 0.5) is 4.79 Å². The van der Waals surface area contributed by atoms with Crippen LogP contribution in [0, 0.1) is 28.6 Å². The molecule has 0 radical (unpaired) electrons. The zero-order valence-electron chi connectivity index (χ0n) is 20.5. The maximum atomic E-state index is 12.3. The molecule has 4 aliphatic rings. The van der Waals surface area contributed by atoms with E-state index in [0.29, 0.717) is 17.8 Å². The lowest BCUT2D eigenvalue weighted by Gasteiger charge is -2.64. The highest BCUT2D eigenvalue weighted by Gasteiger charge is 2.67. The van der Waals surface area contributed by atoms with Gasteiger partial charge >= 0.3 is 11.7 Å². The number of nitrogens with zero attached hydrogens (tertiary/aromatic N) is 1. The van der Waals surface area contributed by atoms with Crippen molar-refractivity contribution >= 4 is 6.09 Å². The lowest BCUT2D eigenvalue weighted by Crippen LogP contribution is -2.62. The number of methoxy groups -OCH3 is 1. The third kappa shape index (κ3) is 3.23. The third-order valence-corrected chi connectivity index (χ3v) is 11.0. The normalized spacial score (nSPS) is 44.3. The molecule has 4 aliphatic carbocycles. The molecule has 1 aromatic heterocycles. The van der Waals surface area contributed by atoms with Crippen LogP contribution in [0.3, 0.4) is 0 Å². The first-order valence-corrected chi connectivity index (χ1v) is 12.8. The molecule has 182 valence electrons. The van der Waals surface area contributed by atoms with Crippen LogP contribution in [-0.4, -0.2) is 41.9 Å². The van der Waals surface area contributed by atoms with Gasteiger partial charge in [0.2, 0.25) is 0 Å². The quantitative estimate of drug-likeness (QED) is 0.680. The molecule has 8 atom stereocenters. The Morgan fingerprint density at radius 2 is 1.88 bits per heavy atom. The summed E-state index contributed by atoms with van der Waals surface area (Å²) in [6.07, 6.45) is 10.6. The summed E-state index contributed by atoms with van der Waals surface area (Å²) in [5.41, 5.74) is 0.0768. The van der Waals surface area contributed by atoms with Crippen molar-refractivity contribution in [2.45, 2.75) is 89.2 Å². The first-order valence-electron chi connectivity index (χ1n) is 12.8. The number of carbonyl (C=O) groups is 1. The van der Waals surface area contributed by atoms with E-state index in [2.05, 4.69) is 13.8 Å². The number of carbonyl (C=O) groups excluding carboxylic acids is 1. The number of fused-ring (bicyclic) bond motifs is 5. The second-order valence-electron chi connectivity index (χ2n) is 11.9. The second kappa shape index (κ2) is 7.86. The Hall–Kier alpha value is -1.82. The van der Waals surface area contributed by atoms with Gasteiger partial charge in [0, 0.05) is 24.6 Å². The zero-order valence-corrected chi connectivity index (χ0v) is 20.5. The second-order valence-corrected chi connectivity index (χ2v) is 11.9. The van der Waals surface area contributed by atoms with Crippen LogP contribution in [0.2, 0.25) is 0 Å². The van der Waals surface area contributed by atoms with Gasteiger partial charge in [0.25, 0.3) is 0 Å². The average molecular weight is 458 g/mol. The van der Waals surface area contributed by atoms with Crippen molar-refractivity contribution in [1.82, 2.24) is 4.90 Å². The molecular formula is C27H39NO5. The van der Waals surface area contributed by atoms with E-state index >= 15 is 0 Å². The Balaban J connectivity index is 1.39. The molecule has 4 fully saturated rings. The van der Waals surface area contributed by atoms with Gasteiger partial charge in [-0.3, -0.25) is 0 Å². The molecule has 1 heterocycles. The van der Waals surface area contributed by atoms with Gasteiger partial charge in [0.1, 0.15) is 0 Å². The fourth-order valence-corrected chi connectivity index (χ4v) is 8.95. The van der Waals surface area contributed by atoms with Gasteiger partial charge in [-0.25, -0.2) is 9.59 Å². The number of hydrogen-bond acceptors (Lipinski definition) is 5. The van der Waals surface area contributed by atoms with E-state index < -0.39 is 5.60 Å². The molecule has 0 saturated heterocycles. The van der Waals surface area contributed by atoms with E-state index in [0.717, 1.165) is 63.4 Å². The molecular weight excluding hydrogens is 418 g/mol. The summed E-state index contributed by atoms with van der Waals surface area (Å²) in [6.45, 7) is 4.75. The summed E-state index contributed by atoms with van der Waals surface area (Å²) in [7, 11) is 3.32. The highest BCUT2D eigenvalue weighted by Crippen LogP contribution is 2.70. The Kier molecular flexibility index (Phi) is 5.47. The number of aliphatic hydroxyl groups is 1. The summed E-state index contributed by atoms with van der Waals surface area (Å²) in [5, 5.41) is 12.3. The van der Waals surface area contributed by atoms with Crippen molar-refractivity contribution in [3.63, 3.8) is 0 Å². The standard InChI is InChI=1S/C27H39NO5/c1-25-12-9-19(28(3)24(30)32-4)15-18(25)6-7-22-21(25)10-13-26(2)20(11-14-27(22,26)31)17-5-8-23(29)33-16-17/h5,8,16,18-22,31H,6-7,9-15H2,1-4H3/t18-,19?,20-,21+,22?,25+,26-,27+/m1/s1. The van der Waals surface area contributed by atoms with Crippen molar-refractivity contribution < 1.29 is 19.1 Å². The minimum absolute atomic E-state index is 0.195. The van der Waals surface area contributed by atoms with E-state index in [4.69, 9.17) is 9.15 Å². The SMILES string of the molecule is COC(=O)N(C)C1CC[C@@]2(C)[C@H](CCC3[C@@H]2CC[C@]2(C)[C@@H](c4ccc(=O)oc4)CC[C@]32O)C1. The summed E-state index contributed by atoms with van der Waals surface area (Å²) < 4.78 is 10.2. The van der Waals surface area contributed by atoms with Crippen molar-refractivity contribution in [3.05, 3.63) is 34.4 Å². The van der Waals surface area contributed by atoms with Gasteiger partial charge in [0.15, 0.2) is 0 Å². The Morgan fingerprint density at radius 1 is 1.09 bits per heavy atom. The van der Waals surface area contributed by atoms with Crippen LogP contribution in [0.5, 0.6) is 0 Å². The molecule has 0 bridgehead atoms. The topological polar surface area (TPSA) is 80.0 Å². The van der Waals surface area contributed by atoms with Crippen molar-refractivity contribution in [3.8, 4) is 0 Å². The van der Waals surface area contributed by atoms with Crippen molar-refractivity contribution in [2.24, 2.45) is 28.6 Å². The zero-order chi connectivity index (χ0) is 23.6. The maximum absolute atomic E-state index is 12.3. The van der Waals surface area contributed by atoms with Crippen molar-refractivity contribution in [1.29, 1.82) is 0 Å². The number of hydrogen-bond donors (Lipinski definition) is 1. The van der Waals surface area contributed by atoms with Crippen LogP contribution in [0.25, 0.3) is 0 Å². The summed E-state index contributed by atoms with van der Waals surface area (Å²) in [5.74, 6) is 1.64. The Labute approximate surface area is 196 Å². The Morgan fingerprint density at radius 3 is 2.58 bits per heavy atom. The predicted octanol–water partition coefficient (Wildman–Crippen LogP) is 4.95. The van der Waals surface area contributed by atoms with E-state index in [1.807, 2.05) is 13.1 Å². The van der Waals surface area contributed by atoms with Crippen molar-refractivity contribution in [2.75, 3.05) is 14.2 Å². The predicted molar refractivity (Wildman–Crippen MR) is 125 cm³/mol.